The van der Waals surface area contributed by atoms with Gasteiger partial charge in [-0.3, -0.25) is 9.59 Å². The molecule has 1 aromatic rings. The number of aromatic hydroxyl groups is 1. The SMILES string of the molecule is C[C@@H]1COC2=C1C(=O)C(=O)c1c2cc(O)c2c1CCCC2(C)C. The zero-order chi connectivity index (χ0) is 16.5. The van der Waals surface area contributed by atoms with Crippen molar-refractivity contribution in [1.29, 1.82) is 0 Å². The Bertz CT molecular complexity index is 798. The fourth-order valence-electron chi connectivity index (χ4n) is 4.38. The maximum atomic E-state index is 12.8. The van der Waals surface area contributed by atoms with Gasteiger partial charge in [-0.25, -0.2) is 0 Å². The average Bonchev–Trinajstić information content (AvgIpc) is 2.85. The van der Waals surface area contributed by atoms with Gasteiger partial charge < -0.3 is 9.84 Å². The van der Waals surface area contributed by atoms with E-state index in [4.69, 9.17) is 4.74 Å². The molecular formula is C19H20O4. The van der Waals surface area contributed by atoms with Gasteiger partial charge in [0.05, 0.1) is 12.2 Å². The van der Waals surface area contributed by atoms with Gasteiger partial charge in [-0.05, 0) is 36.3 Å². The summed E-state index contributed by atoms with van der Waals surface area (Å²) in [7, 11) is 0. The van der Waals surface area contributed by atoms with Gasteiger partial charge in [0.15, 0.2) is 0 Å². The number of carbonyl (C=O) groups is 2. The van der Waals surface area contributed by atoms with E-state index in [2.05, 4.69) is 13.8 Å². The predicted octanol–water partition coefficient (Wildman–Crippen LogP) is 3.15. The molecule has 0 aromatic heterocycles. The molecule has 4 nitrogen and oxygen atoms in total. The first kappa shape index (κ1) is 14.5. The summed E-state index contributed by atoms with van der Waals surface area (Å²) in [6.45, 7) is 6.45. The second kappa shape index (κ2) is 4.47. The lowest BCUT2D eigenvalue weighted by atomic mass is 9.68. The summed E-state index contributed by atoms with van der Waals surface area (Å²) in [5.74, 6) is -0.248. The topological polar surface area (TPSA) is 63.6 Å². The van der Waals surface area contributed by atoms with Gasteiger partial charge in [0.2, 0.25) is 11.6 Å². The van der Waals surface area contributed by atoms with Crippen molar-refractivity contribution in [2.45, 2.75) is 45.4 Å². The molecule has 1 heterocycles. The van der Waals surface area contributed by atoms with Crippen LogP contribution in [0.3, 0.4) is 0 Å². The normalized spacial score (nSPS) is 24.9. The number of carbonyl (C=O) groups excluding carboxylic acids is 2. The van der Waals surface area contributed by atoms with Crippen molar-refractivity contribution < 1.29 is 19.4 Å². The Labute approximate surface area is 135 Å². The van der Waals surface area contributed by atoms with Gasteiger partial charge in [0.25, 0.3) is 0 Å². The summed E-state index contributed by atoms with van der Waals surface area (Å²) in [6.07, 6.45) is 2.61. The molecule has 0 amide bonds. The van der Waals surface area contributed by atoms with Crippen LogP contribution in [-0.2, 0) is 21.4 Å². The average molecular weight is 312 g/mol. The van der Waals surface area contributed by atoms with Crippen LogP contribution >= 0.6 is 0 Å². The molecule has 23 heavy (non-hydrogen) atoms. The van der Waals surface area contributed by atoms with Crippen molar-refractivity contribution in [2.24, 2.45) is 5.92 Å². The van der Waals surface area contributed by atoms with Gasteiger partial charge >= 0.3 is 0 Å². The first-order valence-corrected chi connectivity index (χ1v) is 8.18. The smallest absolute Gasteiger partial charge is 0.234 e. The number of phenols is 1. The lowest BCUT2D eigenvalue weighted by Crippen LogP contribution is -2.31. The zero-order valence-electron chi connectivity index (χ0n) is 13.7. The fraction of sp³-hybridized carbons (Fsp3) is 0.474. The van der Waals surface area contributed by atoms with Crippen LogP contribution in [0.4, 0.5) is 0 Å². The van der Waals surface area contributed by atoms with Crippen molar-refractivity contribution in [2.75, 3.05) is 6.61 Å². The van der Waals surface area contributed by atoms with E-state index >= 15 is 0 Å². The Kier molecular flexibility index (Phi) is 2.81. The molecule has 0 saturated carbocycles. The van der Waals surface area contributed by atoms with Crippen molar-refractivity contribution in [3.05, 3.63) is 33.9 Å². The molecule has 1 N–H and O–H groups in total. The predicted molar refractivity (Wildman–Crippen MR) is 85.4 cm³/mol. The maximum Gasteiger partial charge on any atom is 0.234 e. The molecule has 1 aromatic carbocycles. The van der Waals surface area contributed by atoms with E-state index in [-0.39, 0.29) is 17.1 Å². The van der Waals surface area contributed by atoms with E-state index in [1.54, 1.807) is 6.07 Å². The second-order valence-electron chi connectivity index (χ2n) is 7.52. The van der Waals surface area contributed by atoms with Crippen LogP contribution in [0.25, 0.3) is 5.76 Å². The minimum atomic E-state index is -0.440. The molecule has 1 aliphatic heterocycles. The van der Waals surface area contributed by atoms with Crippen molar-refractivity contribution >= 4 is 17.3 Å². The van der Waals surface area contributed by atoms with Crippen LogP contribution in [0.15, 0.2) is 11.6 Å². The third-order valence-corrected chi connectivity index (χ3v) is 5.45. The van der Waals surface area contributed by atoms with E-state index in [0.717, 1.165) is 24.0 Å². The molecule has 0 radical (unpaired) electrons. The maximum absolute atomic E-state index is 12.8. The highest BCUT2D eigenvalue weighted by molar-refractivity contribution is 6.52. The number of ether oxygens (including phenoxy) is 1. The summed E-state index contributed by atoms with van der Waals surface area (Å²) < 4.78 is 5.71. The van der Waals surface area contributed by atoms with Crippen molar-refractivity contribution in [3.8, 4) is 5.75 Å². The van der Waals surface area contributed by atoms with E-state index in [1.807, 2.05) is 6.92 Å². The molecule has 1 atom stereocenters. The summed E-state index contributed by atoms with van der Waals surface area (Å²) in [4.78, 5) is 25.3. The summed E-state index contributed by atoms with van der Waals surface area (Å²) >= 11 is 0. The largest absolute Gasteiger partial charge is 0.508 e. The lowest BCUT2D eigenvalue weighted by molar-refractivity contribution is -0.112. The third-order valence-electron chi connectivity index (χ3n) is 5.45. The van der Waals surface area contributed by atoms with E-state index in [1.165, 1.54) is 0 Å². The van der Waals surface area contributed by atoms with Gasteiger partial charge in [-0.1, -0.05) is 20.8 Å². The highest BCUT2D eigenvalue weighted by atomic mass is 16.5. The van der Waals surface area contributed by atoms with Crippen molar-refractivity contribution in [1.82, 2.24) is 0 Å². The molecule has 120 valence electrons. The molecule has 0 bridgehead atoms. The molecule has 4 heteroatoms. The van der Waals surface area contributed by atoms with Crippen molar-refractivity contribution in [3.63, 3.8) is 0 Å². The van der Waals surface area contributed by atoms with E-state index in [0.29, 0.717) is 35.5 Å². The number of phenolic OH excluding ortho intramolecular Hbond substituents is 1. The molecule has 0 fully saturated rings. The fourth-order valence-corrected chi connectivity index (χ4v) is 4.38. The number of rotatable bonds is 0. The molecule has 4 rings (SSSR count). The molecular weight excluding hydrogens is 292 g/mol. The summed E-state index contributed by atoms with van der Waals surface area (Å²) in [6, 6.07) is 1.62. The van der Waals surface area contributed by atoms with Crippen LogP contribution in [-0.4, -0.2) is 23.3 Å². The number of ketones is 2. The number of hydrogen-bond acceptors (Lipinski definition) is 4. The summed E-state index contributed by atoms with van der Waals surface area (Å²) in [5.41, 5.74) is 2.99. The van der Waals surface area contributed by atoms with Gasteiger partial charge in [-0.2, -0.15) is 0 Å². The lowest BCUT2D eigenvalue weighted by Gasteiger charge is -2.35. The molecule has 0 spiro atoms. The minimum Gasteiger partial charge on any atom is -0.508 e. The third kappa shape index (κ3) is 1.78. The highest BCUT2D eigenvalue weighted by Crippen LogP contribution is 2.48. The molecule has 3 aliphatic rings. The Morgan fingerprint density at radius 3 is 2.74 bits per heavy atom. The van der Waals surface area contributed by atoms with E-state index < -0.39 is 11.6 Å². The molecule has 0 unspecified atom stereocenters. The Morgan fingerprint density at radius 2 is 2.00 bits per heavy atom. The van der Waals surface area contributed by atoms with Crippen LogP contribution in [0.2, 0.25) is 0 Å². The monoisotopic (exact) mass is 312 g/mol. The number of hydrogen-bond donors (Lipinski definition) is 1. The van der Waals surface area contributed by atoms with Crippen LogP contribution in [0, 0.1) is 5.92 Å². The first-order chi connectivity index (χ1) is 10.8. The highest BCUT2D eigenvalue weighted by Gasteiger charge is 2.44. The molecule has 2 aliphatic carbocycles. The van der Waals surface area contributed by atoms with E-state index in [9.17, 15) is 14.7 Å². The van der Waals surface area contributed by atoms with Crippen LogP contribution < -0.4 is 0 Å². The number of benzene rings is 1. The second-order valence-corrected chi connectivity index (χ2v) is 7.52. The van der Waals surface area contributed by atoms with Crippen LogP contribution in [0.5, 0.6) is 5.75 Å². The number of fused-ring (bicyclic) bond motifs is 4. The summed E-state index contributed by atoms with van der Waals surface area (Å²) in [5, 5.41) is 10.6. The Balaban J connectivity index is 2.07. The Hall–Kier alpha value is -2.10. The molecule has 0 saturated heterocycles. The first-order valence-electron chi connectivity index (χ1n) is 8.18. The Morgan fingerprint density at radius 1 is 1.26 bits per heavy atom. The zero-order valence-corrected chi connectivity index (χ0v) is 13.7. The minimum absolute atomic E-state index is 0.0794. The van der Waals surface area contributed by atoms with Gasteiger partial charge in [0, 0.05) is 22.6 Å². The standard InChI is InChI=1S/C19H20O4/c1-9-8-23-18-11-7-12(20)15-10(5-4-6-19(15,2)3)14(11)17(22)16(21)13(9)18/h7,9,20H,4-6,8H2,1-3H3/t9-/m1/s1. The van der Waals surface area contributed by atoms with Gasteiger partial charge in [-0.15, -0.1) is 0 Å². The van der Waals surface area contributed by atoms with Crippen LogP contribution in [0.1, 0.15) is 60.7 Å². The van der Waals surface area contributed by atoms with Gasteiger partial charge in [0.1, 0.15) is 11.5 Å². The quantitative estimate of drug-likeness (QED) is 0.748. The number of Topliss-reactive ketones (excluding diaryl/α,β-unsaturated/α-hetero) is 2.